The Balaban J connectivity index is 1.22. The van der Waals surface area contributed by atoms with E-state index in [1.807, 2.05) is 6.07 Å². The van der Waals surface area contributed by atoms with Gasteiger partial charge in [0.1, 0.15) is 12.4 Å². The molecule has 1 atom stereocenters. The van der Waals surface area contributed by atoms with Crippen LogP contribution >= 0.6 is 0 Å². The van der Waals surface area contributed by atoms with Crippen molar-refractivity contribution in [2.24, 2.45) is 0 Å². The largest absolute Gasteiger partial charge is 0.489 e. The minimum Gasteiger partial charge on any atom is -0.489 e. The molecule has 1 saturated carbocycles. The van der Waals surface area contributed by atoms with E-state index in [4.69, 9.17) is 4.74 Å². The molecule has 0 N–H and O–H groups in total. The van der Waals surface area contributed by atoms with E-state index in [-0.39, 0.29) is 0 Å². The fourth-order valence-electron chi connectivity index (χ4n) is 4.98. The second-order valence-corrected chi connectivity index (χ2v) is 9.39. The van der Waals surface area contributed by atoms with Gasteiger partial charge >= 0.3 is 0 Å². The van der Waals surface area contributed by atoms with Gasteiger partial charge in [0.15, 0.2) is 0 Å². The summed E-state index contributed by atoms with van der Waals surface area (Å²) in [6, 6.07) is 31.4. The quantitative estimate of drug-likeness (QED) is 0.357. The molecule has 1 aliphatic rings. The fraction of sp³-hybridized carbons (Fsp3) is 0.400. The molecule has 0 bridgehead atoms. The van der Waals surface area contributed by atoms with Crippen molar-refractivity contribution in [3.63, 3.8) is 0 Å². The lowest BCUT2D eigenvalue weighted by Gasteiger charge is -2.38. The fourth-order valence-corrected chi connectivity index (χ4v) is 4.98. The zero-order valence-electron chi connectivity index (χ0n) is 19.6. The Hall–Kier alpha value is -2.58. The van der Waals surface area contributed by atoms with Crippen LogP contribution in [-0.2, 0) is 13.0 Å². The molecular formula is C30H37NO. The van der Waals surface area contributed by atoms with Crippen molar-refractivity contribution in [1.82, 2.24) is 4.90 Å². The van der Waals surface area contributed by atoms with Crippen LogP contribution in [0.15, 0.2) is 84.9 Å². The highest BCUT2D eigenvalue weighted by molar-refractivity contribution is 5.30. The maximum absolute atomic E-state index is 5.96. The molecule has 168 valence electrons. The summed E-state index contributed by atoms with van der Waals surface area (Å²) in [7, 11) is 2.33. The van der Waals surface area contributed by atoms with Gasteiger partial charge in [-0.05, 0) is 87.2 Å². The van der Waals surface area contributed by atoms with E-state index in [9.17, 15) is 0 Å². The van der Waals surface area contributed by atoms with Crippen LogP contribution in [0.3, 0.4) is 0 Å². The van der Waals surface area contributed by atoms with E-state index in [0.29, 0.717) is 24.6 Å². The first-order valence-electron chi connectivity index (χ1n) is 12.2. The standard InChI is InChI=1S/C30H37NO/c1-24(13-14-25-9-5-3-6-10-25)31(2)29-19-15-27(16-20-29)28-17-21-30(22-18-28)32-23-26-11-7-4-8-12-26/h3-12,17-18,21-22,24,27,29H,13-16,19-20,23H2,1-2H3/t24?,27-,29-. The number of aryl methyl sites for hydroxylation is 1. The molecule has 1 aliphatic carbocycles. The first kappa shape index (κ1) is 22.6. The maximum atomic E-state index is 5.96. The highest BCUT2D eigenvalue weighted by Crippen LogP contribution is 2.35. The number of rotatable bonds is 9. The summed E-state index contributed by atoms with van der Waals surface area (Å²) < 4.78 is 5.96. The van der Waals surface area contributed by atoms with Crippen molar-refractivity contribution < 1.29 is 4.74 Å². The summed E-state index contributed by atoms with van der Waals surface area (Å²) in [5.74, 6) is 1.64. The van der Waals surface area contributed by atoms with Gasteiger partial charge in [0, 0.05) is 12.1 Å². The van der Waals surface area contributed by atoms with E-state index in [0.717, 1.165) is 5.75 Å². The molecule has 32 heavy (non-hydrogen) atoms. The predicted octanol–water partition coefficient (Wildman–Crippen LogP) is 7.24. The summed E-state index contributed by atoms with van der Waals surface area (Å²) in [6.45, 7) is 3.02. The van der Waals surface area contributed by atoms with Gasteiger partial charge in [0.2, 0.25) is 0 Å². The number of ether oxygens (including phenoxy) is 1. The summed E-state index contributed by atoms with van der Waals surface area (Å²) in [6.07, 6.45) is 7.55. The van der Waals surface area contributed by atoms with E-state index < -0.39 is 0 Å². The van der Waals surface area contributed by atoms with Crippen LogP contribution in [0.2, 0.25) is 0 Å². The van der Waals surface area contributed by atoms with Crippen molar-refractivity contribution in [3.05, 3.63) is 102 Å². The summed E-state index contributed by atoms with van der Waals surface area (Å²) >= 11 is 0. The normalized spacial score (nSPS) is 19.6. The Morgan fingerprint density at radius 3 is 2.00 bits per heavy atom. The molecular weight excluding hydrogens is 390 g/mol. The average Bonchev–Trinajstić information content (AvgIpc) is 2.87. The third kappa shape index (κ3) is 6.23. The summed E-state index contributed by atoms with van der Waals surface area (Å²) in [5, 5.41) is 0. The van der Waals surface area contributed by atoms with Gasteiger partial charge < -0.3 is 9.64 Å². The molecule has 0 aliphatic heterocycles. The monoisotopic (exact) mass is 427 g/mol. The molecule has 0 radical (unpaired) electrons. The number of hydrogen-bond acceptors (Lipinski definition) is 2. The minimum absolute atomic E-state index is 0.623. The lowest BCUT2D eigenvalue weighted by atomic mass is 9.81. The third-order valence-electron chi connectivity index (χ3n) is 7.26. The number of benzene rings is 3. The van der Waals surface area contributed by atoms with Crippen molar-refractivity contribution >= 4 is 0 Å². The van der Waals surface area contributed by atoms with Crippen LogP contribution in [0.4, 0.5) is 0 Å². The number of hydrogen-bond donors (Lipinski definition) is 0. The SMILES string of the molecule is CC(CCc1ccccc1)N(C)[C@H]1CC[C@H](c2ccc(OCc3ccccc3)cc2)CC1. The summed E-state index contributed by atoms with van der Waals surface area (Å²) in [5.41, 5.74) is 4.12. The Labute approximate surface area is 194 Å². The minimum atomic E-state index is 0.623. The van der Waals surface area contributed by atoms with Crippen LogP contribution in [0.1, 0.15) is 61.6 Å². The number of nitrogens with zero attached hydrogens (tertiary/aromatic N) is 1. The molecule has 0 spiro atoms. The van der Waals surface area contributed by atoms with Crippen LogP contribution in [0.5, 0.6) is 5.75 Å². The van der Waals surface area contributed by atoms with Crippen molar-refractivity contribution in [3.8, 4) is 5.75 Å². The molecule has 4 rings (SSSR count). The first-order valence-corrected chi connectivity index (χ1v) is 12.2. The predicted molar refractivity (Wildman–Crippen MR) is 134 cm³/mol. The Kier molecular flexibility index (Phi) is 8.01. The van der Waals surface area contributed by atoms with Gasteiger partial charge in [-0.25, -0.2) is 0 Å². The Morgan fingerprint density at radius 1 is 0.781 bits per heavy atom. The molecule has 2 heteroatoms. The zero-order chi connectivity index (χ0) is 22.2. The molecule has 1 fully saturated rings. The van der Waals surface area contributed by atoms with E-state index >= 15 is 0 Å². The second kappa shape index (κ2) is 11.3. The van der Waals surface area contributed by atoms with Gasteiger partial charge in [-0.1, -0.05) is 72.8 Å². The Bertz CT molecular complexity index is 914. The van der Waals surface area contributed by atoms with Gasteiger partial charge in [-0.2, -0.15) is 0 Å². The molecule has 2 nitrogen and oxygen atoms in total. The topological polar surface area (TPSA) is 12.5 Å². The van der Waals surface area contributed by atoms with E-state index in [1.54, 1.807) is 0 Å². The highest BCUT2D eigenvalue weighted by Gasteiger charge is 2.27. The van der Waals surface area contributed by atoms with Crippen molar-refractivity contribution in [2.45, 2.75) is 70.1 Å². The van der Waals surface area contributed by atoms with Crippen LogP contribution < -0.4 is 4.74 Å². The first-order chi connectivity index (χ1) is 15.7. The smallest absolute Gasteiger partial charge is 0.119 e. The molecule has 3 aromatic carbocycles. The molecule has 0 aromatic heterocycles. The van der Waals surface area contributed by atoms with E-state index in [2.05, 4.69) is 97.7 Å². The van der Waals surface area contributed by atoms with Crippen molar-refractivity contribution in [1.29, 1.82) is 0 Å². The van der Waals surface area contributed by atoms with Gasteiger partial charge in [-0.15, -0.1) is 0 Å². The highest BCUT2D eigenvalue weighted by atomic mass is 16.5. The molecule has 0 saturated heterocycles. The zero-order valence-corrected chi connectivity index (χ0v) is 19.6. The second-order valence-electron chi connectivity index (χ2n) is 9.39. The lowest BCUT2D eigenvalue weighted by Crippen LogP contribution is -2.40. The maximum Gasteiger partial charge on any atom is 0.119 e. The van der Waals surface area contributed by atoms with Crippen LogP contribution in [0.25, 0.3) is 0 Å². The molecule has 0 heterocycles. The molecule has 3 aromatic rings. The van der Waals surface area contributed by atoms with Gasteiger partial charge in [-0.3, -0.25) is 0 Å². The average molecular weight is 428 g/mol. The Morgan fingerprint density at radius 2 is 1.38 bits per heavy atom. The third-order valence-corrected chi connectivity index (χ3v) is 7.26. The van der Waals surface area contributed by atoms with Crippen LogP contribution in [0, 0.1) is 0 Å². The van der Waals surface area contributed by atoms with Gasteiger partial charge in [0.25, 0.3) is 0 Å². The summed E-state index contributed by atoms with van der Waals surface area (Å²) in [4.78, 5) is 2.64. The molecule has 0 amide bonds. The molecule has 1 unspecified atom stereocenters. The van der Waals surface area contributed by atoms with Gasteiger partial charge in [0.05, 0.1) is 0 Å². The lowest BCUT2D eigenvalue weighted by molar-refractivity contribution is 0.134. The van der Waals surface area contributed by atoms with Crippen molar-refractivity contribution in [2.75, 3.05) is 7.05 Å². The van der Waals surface area contributed by atoms with Crippen LogP contribution in [-0.4, -0.2) is 24.0 Å². The van der Waals surface area contributed by atoms with E-state index in [1.165, 1.54) is 55.2 Å².